The zero-order valence-electron chi connectivity index (χ0n) is 18.7. The van der Waals surface area contributed by atoms with E-state index in [-0.39, 0.29) is 11.9 Å². The van der Waals surface area contributed by atoms with Gasteiger partial charge in [0.05, 0.1) is 6.04 Å². The summed E-state index contributed by atoms with van der Waals surface area (Å²) in [5, 5.41) is 4.12. The number of fused-ring (bicyclic) bond motifs is 1. The number of rotatable bonds is 5. The Labute approximate surface area is 178 Å². The maximum Gasteiger partial charge on any atom is 0.287 e. The number of nitrogens with zero attached hydrogens (tertiary/aromatic N) is 1. The third-order valence-corrected chi connectivity index (χ3v) is 6.56. The number of piperidine rings is 1. The number of likely N-dealkylation sites (tertiary alicyclic amines) is 1. The second-order valence-electron chi connectivity index (χ2n) is 8.88. The van der Waals surface area contributed by atoms with Gasteiger partial charge in [-0.05, 0) is 94.9 Å². The second-order valence-corrected chi connectivity index (χ2v) is 8.88. The van der Waals surface area contributed by atoms with Crippen LogP contribution in [0.4, 0.5) is 0 Å². The first-order valence-electron chi connectivity index (χ1n) is 10.9. The molecule has 1 fully saturated rings. The zero-order chi connectivity index (χ0) is 21.4. The van der Waals surface area contributed by atoms with Crippen LogP contribution in [0, 0.1) is 33.6 Å². The van der Waals surface area contributed by atoms with E-state index in [9.17, 15) is 4.79 Å². The molecule has 30 heavy (non-hydrogen) atoms. The van der Waals surface area contributed by atoms with Crippen LogP contribution in [0.15, 0.2) is 33.1 Å². The summed E-state index contributed by atoms with van der Waals surface area (Å²) in [5.74, 6) is 2.79. The molecule has 1 aliphatic rings. The molecule has 1 N–H and O–H groups in total. The van der Waals surface area contributed by atoms with Crippen LogP contribution in [0.5, 0.6) is 0 Å². The van der Waals surface area contributed by atoms with Gasteiger partial charge in [-0.25, -0.2) is 0 Å². The largest absolute Gasteiger partial charge is 0.465 e. The first-order chi connectivity index (χ1) is 14.3. The molecular formula is C25H32N2O3. The fourth-order valence-corrected chi connectivity index (χ4v) is 4.34. The molecule has 0 bridgehead atoms. The summed E-state index contributed by atoms with van der Waals surface area (Å²) in [4.78, 5) is 15.5. The summed E-state index contributed by atoms with van der Waals surface area (Å²) in [5.41, 5.74) is 4.02. The lowest BCUT2D eigenvalue weighted by molar-refractivity contribution is 0.0871. The summed E-state index contributed by atoms with van der Waals surface area (Å²) < 4.78 is 11.9. The fraction of sp³-hybridized carbons (Fsp3) is 0.480. The number of nitrogens with one attached hydrogen (secondary N) is 1. The highest BCUT2D eigenvalue weighted by molar-refractivity contribution is 5.99. The third kappa shape index (κ3) is 4.04. The Morgan fingerprint density at radius 1 is 1.10 bits per heavy atom. The van der Waals surface area contributed by atoms with Crippen molar-refractivity contribution in [2.75, 3.05) is 19.6 Å². The molecule has 0 spiro atoms. The first-order valence-corrected chi connectivity index (χ1v) is 10.9. The van der Waals surface area contributed by atoms with Crippen molar-refractivity contribution in [3.63, 3.8) is 0 Å². The Hall–Kier alpha value is -2.53. The summed E-state index contributed by atoms with van der Waals surface area (Å²) in [6.45, 7) is 12.9. The molecule has 0 saturated carbocycles. The normalized spacial score (nSPS) is 16.8. The minimum atomic E-state index is -0.169. The molecule has 1 aromatic carbocycles. The number of hydrogen-bond acceptors (Lipinski definition) is 4. The van der Waals surface area contributed by atoms with Crippen LogP contribution >= 0.6 is 0 Å². The van der Waals surface area contributed by atoms with E-state index in [4.69, 9.17) is 8.83 Å². The lowest BCUT2D eigenvalue weighted by Gasteiger charge is -2.35. The van der Waals surface area contributed by atoms with E-state index in [0.29, 0.717) is 12.3 Å². The SMILES string of the molecule is Cc1ccc([C@H](CNC(=O)c2oc3cc(C)c(C)cc3c2C)N2CCC(C)CC2)o1. The Balaban J connectivity index is 1.54. The van der Waals surface area contributed by atoms with Crippen LogP contribution in [0.1, 0.15) is 64.6 Å². The van der Waals surface area contributed by atoms with Gasteiger partial charge in [0.2, 0.25) is 0 Å². The Morgan fingerprint density at radius 2 is 1.80 bits per heavy atom. The smallest absolute Gasteiger partial charge is 0.287 e. The standard InChI is InChI=1S/C25H32N2O3/c1-15-8-10-27(11-9-15)21(22-7-6-18(4)29-22)14-26-25(28)24-19(5)20-12-16(2)17(3)13-23(20)30-24/h6-7,12-13,15,21H,8-11,14H2,1-5H3,(H,26,28)/t21-/m0/s1. The molecule has 4 rings (SSSR count). The van der Waals surface area contributed by atoms with Gasteiger partial charge < -0.3 is 14.2 Å². The quantitative estimate of drug-likeness (QED) is 0.609. The monoisotopic (exact) mass is 408 g/mol. The van der Waals surface area contributed by atoms with Gasteiger partial charge in [0.25, 0.3) is 5.91 Å². The molecule has 0 aliphatic carbocycles. The van der Waals surface area contributed by atoms with Crippen molar-refractivity contribution < 1.29 is 13.6 Å². The van der Waals surface area contributed by atoms with Crippen LogP contribution in [0.2, 0.25) is 0 Å². The summed E-state index contributed by atoms with van der Waals surface area (Å²) >= 11 is 0. The molecule has 5 nitrogen and oxygen atoms in total. The van der Waals surface area contributed by atoms with E-state index in [1.807, 2.05) is 32.0 Å². The van der Waals surface area contributed by atoms with Crippen LogP contribution in [0.25, 0.3) is 11.0 Å². The maximum absolute atomic E-state index is 13.0. The lowest BCUT2D eigenvalue weighted by Crippen LogP contribution is -2.41. The molecular weight excluding hydrogens is 376 g/mol. The molecule has 1 atom stereocenters. The minimum absolute atomic E-state index is 0.0318. The highest BCUT2D eigenvalue weighted by Gasteiger charge is 2.28. The van der Waals surface area contributed by atoms with E-state index in [1.165, 1.54) is 18.4 Å². The molecule has 0 unspecified atom stereocenters. The van der Waals surface area contributed by atoms with Gasteiger partial charge in [0.1, 0.15) is 17.1 Å². The number of benzene rings is 1. The maximum atomic E-state index is 13.0. The van der Waals surface area contributed by atoms with Crippen LogP contribution in [-0.2, 0) is 0 Å². The first kappa shape index (κ1) is 20.7. The van der Waals surface area contributed by atoms with Crippen molar-refractivity contribution in [2.24, 2.45) is 5.92 Å². The second kappa shape index (κ2) is 8.31. The summed E-state index contributed by atoms with van der Waals surface area (Å²) in [7, 11) is 0. The molecule has 1 aliphatic heterocycles. The van der Waals surface area contributed by atoms with Crippen molar-refractivity contribution in [3.05, 3.63) is 58.2 Å². The van der Waals surface area contributed by atoms with Crippen molar-refractivity contribution >= 4 is 16.9 Å². The van der Waals surface area contributed by atoms with Gasteiger partial charge >= 0.3 is 0 Å². The topological polar surface area (TPSA) is 58.6 Å². The van der Waals surface area contributed by atoms with Gasteiger partial charge in [0.15, 0.2) is 5.76 Å². The van der Waals surface area contributed by atoms with Crippen molar-refractivity contribution in [1.29, 1.82) is 0 Å². The third-order valence-electron chi connectivity index (χ3n) is 6.56. The molecule has 3 aromatic rings. The van der Waals surface area contributed by atoms with Crippen molar-refractivity contribution in [2.45, 2.75) is 53.5 Å². The Morgan fingerprint density at radius 3 is 2.47 bits per heavy atom. The van der Waals surface area contributed by atoms with E-state index >= 15 is 0 Å². The van der Waals surface area contributed by atoms with E-state index < -0.39 is 0 Å². The highest BCUT2D eigenvalue weighted by atomic mass is 16.3. The van der Waals surface area contributed by atoms with Gasteiger partial charge in [-0.15, -0.1) is 0 Å². The molecule has 3 heterocycles. The van der Waals surface area contributed by atoms with E-state index in [2.05, 4.69) is 37.1 Å². The van der Waals surface area contributed by atoms with Gasteiger partial charge in [-0.1, -0.05) is 6.92 Å². The highest BCUT2D eigenvalue weighted by Crippen LogP contribution is 2.30. The van der Waals surface area contributed by atoms with Crippen molar-refractivity contribution in [3.8, 4) is 0 Å². The molecule has 5 heteroatoms. The van der Waals surface area contributed by atoms with E-state index in [1.54, 1.807) is 0 Å². The van der Waals surface area contributed by atoms with Gasteiger partial charge in [0, 0.05) is 17.5 Å². The van der Waals surface area contributed by atoms with Crippen LogP contribution in [-0.4, -0.2) is 30.4 Å². The molecule has 1 amide bonds. The van der Waals surface area contributed by atoms with Crippen LogP contribution in [0.3, 0.4) is 0 Å². The number of amides is 1. The van der Waals surface area contributed by atoms with Gasteiger partial charge in [-0.3, -0.25) is 9.69 Å². The minimum Gasteiger partial charge on any atom is -0.465 e. The summed E-state index contributed by atoms with van der Waals surface area (Å²) in [6, 6.07) is 8.17. The summed E-state index contributed by atoms with van der Waals surface area (Å²) in [6.07, 6.45) is 2.34. The average Bonchev–Trinajstić information content (AvgIpc) is 3.27. The molecule has 1 saturated heterocycles. The average molecular weight is 409 g/mol. The van der Waals surface area contributed by atoms with Gasteiger partial charge in [-0.2, -0.15) is 0 Å². The van der Waals surface area contributed by atoms with E-state index in [0.717, 1.165) is 52.6 Å². The predicted octanol–water partition coefficient (Wildman–Crippen LogP) is 5.46. The van der Waals surface area contributed by atoms with Crippen LogP contribution < -0.4 is 5.32 Å². The molecule has 0 radical (unpaired) electrons. The number of furan rings is 2. The number of carbonyl (C=O) groups is 1. The zero-order valence-corrected chi connectivity index (χ0v) is 18.7. The molecule has 160 valence electrons. The number of hydrogen-bond donors (Lipinski definition) is 1. The lowest BCUT2D eigenvalue weighted by atomic mass is 9.97. The fourth-order valence-electron chi connectivity index (χ4n) is 4.34. The predicted molar refractivity (Wildman–Crippen MR) is 119 cm³/mol. The number of aryl methyl sites for hydroxylation is 4. The Kier molecular flexibility index (Phi) is 5.74. The number of carbonyl (C=O) groups excluding carboxylic acids is 1. The molecule has 2 aromatic heterocycles. The Bertz CT molecular complexity index is 1050. The van der Waals surface area contributed by atoms with Crippen molar-refractivity contribution in [1.82, 2.24) is 10.2 Å².